The van der Waals surface area contributed by atoms with Crippen molar-refractivity contribution in [3.8, 4) is 23.0 Å². The lowest BCUT2D eigenvalue weighted by molar-refractivity contribution is -0.141. The average molecular weight is 443 g/mol. The van der Waals surface area contributed by atoms with Crippen LogP contribution < -0.4 is 18.9 Å². The number of benzene rings is 2. The van der Waals surface area contributed by atoms with E-state index in [9.17, 15) is 9.59 Å². The largest absolute Gasteiger partial charge is 0.493 e. The van der Waals surface area contributed by atoms with Gasteiger partial charge in [-0.25, -0.2) is 4.79 Å². The Morgan fingerprint density at radius 3 is 2.06 bits per heavy atom. The number of rotatable bonds is 8. The number of cyclic esters (lactones) is 1. The molecule has 2 aromatic rings. The van der Waals surface area contributed by atoms with Crippen LogP contribution in [0.1, 0.15) is 11.1 Å². The van der Waals surface area contributed by atoms with Crippen molar-refractivity contribution in [3.63, 3.8) is 0 Å². The van der Waals surface area contributed by atoms with Crippen molar-refractivity contribution in [1.82, 2.24) is 4.90 Å². The lowest BCUT2D eigenvalue weighted by Gasteiger charge is -2.18. The van der Waals surface area contributed by atoms with Crippen molar-refractivity contribution in [3.05, 3.63) is 47.5 Å². The summed E-state index contributed by atoms with van der Waals surface area (Å²) in [5.74, 6) is 1.60. The molecule has 1 heterocycles. The Balaban J connectivity index is 1.75. The van der Waals surface area contributed by atoms with Gasteiger partial charge in [0.25, 0.3) is 0 Å². The normalized spacial score (nSPS) is 17.5. The molecule has 0 saturated carbocycles. The predicted molar refractivity (Wildman–Crippen MR) is 118 cm³/mol. The molecule has 2 aromatic carbocycles. The van der Waals surface area contributed by atoms with Crippen molar-refractivity contribution < 1.29 is 33.3 Å². The Kier molecular flexibility index (Phi) is 7.45. The number of ether oxygens (including phenoxy) is 5. The summed E-state index contributed by atoms with van der Waals surface area (Å²) < 4.78 is 26.8. The molecule has 0 spiro atoms. The zero-order chi connectivity index (χ0) is 23.3. The minimum atomic E-state index is -0.495. The fraction of sp³-hybridized carbons (Fsp3) is 0.417. The van der Waals surface area contributed by atoms with Gasteiger partial charge in [-0.1, -0.05) is 12.1 Å². The second-order valence-corrected chi connectivity index (χ2v) is 7.84. The second kappa shape index (κ2) is 10.3. The van der Waals surface area contributed by atoms with Gasteiger partial charge in [0, 0.05) is 20.0 Å². The topological polar surface area (TPSA) is 83.5 Å². The number of hydrogen-bond acceptors (Lipinski definition) is 7. The zero-order valence-corrected chi connectivity index (χ0v) is 19.0. The summed E-state index contributed by atoms with van der Waals surface area (Å²) in [5.41, 5.74) is 1.94. The first-order valence-corrected chi connectivity index (χ1v) is 10.3. The lowest BCUT2D eigenvalue weighted by atomic mass is 9.85. The summed E-state index contributed by atoms with van der Waals surface area (Å²) in [6.45, 7) is 0.369. The van der Waals surface area contributed by atoms with E-state index in [0.717, 1.165) is 11.1 Å². The molecular formula is C24H29NO7. The van der Waals surface area contributed by atoms with Gasteiger partial charge >= 0.3 is 12.1 Å². The van der Waals surface area contributed by atoms with Gasteiger partial charge in [-0.15, -0.1) is 0 Å². The molecule has 1 saturated heterocycles. The number of hydrogen-bond donors (Lipinski definition) is 0. The molecule has 0 aliphatic carbocycles. The van der Waals surface area contributed by atoms with E-state index in [-0.39, 0.29) is 17.8 Å². The van der Waals surface area contributed by atoms with Crippen molar-refractivity contribution in [2.45, 2.75) is 12.8 Å². The summed E-state index contributed by atoms with van der Waals surface area (Å²) in [6, 6.07) is 11.1. The van der Waals surface area contributed by atoms with E-state index in [2.05, 4.69) is 0 Å². The molecule has 1 aliphatic rings. The molecule has 172 valence electrons. The Labute approximate surface area is 188 Å². The quantitative estimate of drug-likeness (QED) is 0.579. The molecule has 0 bridgehead atoms. The third kappa shape index (κ3) is 5.25. The van der Waals surface area contributed by atoms with Crippen LogP contribution in [-0.2, 0) is 22.4 Å². The van der Waals surface area contributed by atoms with Gasteiger partial charge in [0.05, 0.1) is 33.9 Å². The molecule has 0 N–H and O–H groups in total. The molecule has 2 atom stereocenters. The van der Waals surface area contributed by atoms with Crippen LogP contribution in [-0.4, -0.2) is 59.0 Å². The van der Waals surface area contributed by atoms with Crippen LogP contribution in [0.4, 0.5) is 4.79 Å². The molecule has 0 radical (unpaired) electrons. The maximum absolute atomic E-state index is 12.5. The molecule has 32 heavy (non-hydrogen) atoms. The maximum atomic E-state index is 12.5. The van der Waals surface area contributed by atoms with E-state index in [1.165, 1.54) is 12.0 Å². The third-order valence-corrected chi connectivity index (χ3v) is 5.50. The fourth-order valence-electron chi connectivity index (χ4n) is 3.73. The van der Waals surface area contributed by atoms with E-state index in [4.69, 9.17) is 23.7 Å². The van der Waals surface area contributed by atoms with Crippen LogP contribution in [0.5, 0.6) is 23.0 Å². The van der Waals surface area contributed by atoms with Crippen molar-refractivity contribution in [2.24, 2.45) is 11.8 Å². The van der Waals surface area contributed by atoms with E-state index >= 15 is 0 Å². The maximum Gasteiger partial charge on any atom is 0.414 e. The third-order valence-electron chi connectivity index (χ3n) is 5.50. The van der Waals surface area contributed by atoms with E-state index < -0.39 is 6.09 Å². The first kappa shape index (κ1) is 23.2. The smallest absolute Gasteiger partial charge is 0.414 e. The standard InChI is InChI=1S/C24H29NO7/c1-25(2)24(27)32-20-9-7-16(13-22(20)30-5)11-18-17(14-31-23(18)26)10-15-6-8-19(28-3)21(12-15)29-4/h6-9,12-13,17-18H,10-11,14H2,1-5H3/t17-,18+/m0/s1. The zero-order valence-electron chi connectivity index (χ0n) is 19.0. The monoisotopic (exact) mass is 443 g/mol. The summed E-state index contributed by atoms with van der Waals surface area (Å²) >= 11 is 0. The van der Waals surface area contributed by atoms with Gasteiger partial charge in [0.2, 0.25) is 0 Å². The summed E-state index contributed by atoms with van der Waals surface area (Å²) in [4.78, 5) is 25.7. The molecule has 8 nitrogen and oxygen atoms in total. The van der Waals surface area contributed by atoms with Crippen LogP contribution in [0.2, 0.25) is 0 Å². The van der Waals surface area contributed by atoms with Crippen LogP contribution in [0.15, 0.2) is 36.4 Å². The summed E-state index contributed by atoms with van der Waals surface area (Å²) in [7, 11) is 7.91. The SMILES string of the molecule is COc1ccc(C[C@H]2COC(=O)[C@@H]2Cc2ccc(OC(=O)N(C)C)c(OC)c2)cc1OC. The Bertz CT molecular complexity index is 973. The molecule has 1 amide bonds. The first-order chi connectivity index (χ1) is 15.4. The number of amides is 1. The highest BCUT2D eigenvalue weighted by molar-refractivity contribution is 5.75. The predicted octanol–water partition coefficient (Wildman–Crippen LogP) is 3.35. The minimum absolute atomic E-state index is 0.0258. The van der Waals surface area contributed by atoms with Gasteiger partial charge in [0.15, 0.2) is 23.0 Å². The number of nitrogens with zero attached hydrogens (tertiary/aromatic N) is 1. The van der Waals surface area contributed by atoms with Gasteiger partial charge in [-0.05, 0) is 48.2 Å². The van der Waals surface area contributed by atoms with Crippen LogP contribution in [0.3, 0.4) is 0 Å². The number of methoxy groups -OCH3 is 3. The van der Waals surface area contributed by atoms with Crippen LogP contribution in [0, 0.1) is 11.8 Å². The molecule has 1 fully saturated rings. The van der Waals surface area contributed by atoms with Gasteiger partial charge < -0.3 is 28.6 Å². The number of carbonyl (C=O) groups is 2. The minimum Gasteiger partial charge on any atom is -0.493 e. The molecular weight excluding hydrogens is 414 g/mol. The average Bonchev–Trinajstić information content (AvgIpc) is 3.13. The molecule has 3 rings (SSSR count). The van der Waals surface area contributed by atoms with Crippen LogP contribution >= 0.6 is 0 Å². The number of carbonyl (C=O) groups excluding carboxylic acids is 2. The van der Waals surface area contributed by atoms with Crippen molar-refractivity contribution >= 4 is 12.1 Å². The fourth-order valence-corrected chi connectivity index (χ4v) is 3.73. The Morgan fingerprint density at radius 1 is 0.906 bits per heavy atom. The van der Waals surface area contributed by atoms with E-state index in [1.807, 2.05) is 24.3 Å². The van der Waals surface area contributed by atoms with E-state index in [1.54, 1.807) is 40.4 Å². The van der Waals surface area contributed by atoms with Gasteiger partial charge in [-0.2, -0.15) is 0 Å². The number of esters is 1. The van der Waals surface area contributed by atoms with Gasteiger partial charge in [0.1, 0.15) is 0 Å². The molecule has 1 aliphatic heterocycles. The molecule has 0 aromatic heterocycles. The highest BCUT2D eigenvalue weighted by Crippen LogP contribution is 2.35. The Morgan fingerprint density at radius 2 is 1.47 bits per heavy atom. The van der Waals surface area contributed by atoms with Crippen molar-refractivity contribution in [2.75, 3.05) is 42.0 Å². The van der Waals surface area contributed by atoms with Crippen molar-refractivity contribution in [1.29, 1.82) is 0 Å². The van der Waals surface area contributed by atoms with Gasteiger partial charge in [-0.3, -0.25) is 4.79 Å². The highest BCUT2D eigenvalue weighted by atomic mass is 16.6. The molecule has 0 unspecified atom stereocenters. The first-order valence-electron chi connectivity index (χ1n) is 10.3. The Hall–Kier alpha value is -3.42. The lowest BCUT2D eigenvalue weighted by Crippen LogP contribution is -2.25. The highest BCUT2D eigenvalue weighted by Gasteiger charge is 2.37. The summed E-state index contributed by atoms with van der Waals surface area (Å²) in [6.07, 6.45) is 0.673. The summed E-state index contributed by atoms with van der Waals surface area (Å²) in [5, 5.41) is 0. The molecule has 8 heteroatoms. The van der Waals surface area contributed by atoms with Crippen LogP contribution in [0.25, 0.3) is 0 Å². The van der Waals surface area contributed by atoms with E-state index in [0.29, 0.717) is 42.4 Å². The second-order valence-electron chi connectivity index (χ2n) is 7.84.